The summed E-state index contributed by atoms with van der Waals surface area (Å²) in [6.45, 7) is 0. The zero-order chi connectivity index (χ0) is 10.5. The molecule has 1 aromatic heterocycles. The molecule has 1 unspecified atom stereocenters. The number of furan rings is 1. The molecular formula is C12H18O2S. The van der Waals surface area contributed by atoms with Crippen molar-refractivity contribution in [3.63, 3.8) is 0 Å². The van der Waals surface area contributed by atoms with Crippen LogP contribution < -0.4 is 0 Å². The van der Waals surface area contributed by atoms with E-state index in [0.29, 0.717) is 0 Å². The van der Waals surface area contributed by atoms with Crippen molar-refractivity contribution in [3.05, 3.63) is 24.2 Å². The Morgan fingerprint density at radius 3 is 2.93 bits per heavy atom. The second-order valence-electron chi connectivity index (χ2n) is 4.23. The van der Waals surface area contributed by atoms with Crippen LogP contribution in [0.1, 0.15) is 31.2 Å². The Morgan fingerprint density at radius 2 is 2.27 bits per heavy atom. The highest BCUT2D eigenvalue weighted by Crippen LogP contribution is 2.29. The van der Waals surface area contributed by atoms with Crippen LogP contribution in [0.4, 0.5) is 0 Å². The fourth-order valence-corrected chi connectivity index (χ4v) is 3.32. The molecule has 15 heavy (non-hydrogen) atoms. The Morgan fingerprint density at radius 1 is 1.47 bits per heavy atom. The van der Waals surface area contributed by atoms with Crippen molar-refractivity contribution >= 4 is 11.8 Å². The first-order valence-electron chi connectivity index (χ1n) is 5.65. The Kier molecular flexibility index (Phi) is 4.15. The Labute approximate surface area is 95.1 Å². The van der Waals surface area contributed by atoms with Crippen LogP contribution in [0, 0.1) is 0 Å². The average Bonchev–Trinajstić information content (AvgIpc) is 2.86. The SMILES string of the molecule is OC(CSC1CCCC1)Cc1ccoc1. The molecule has 2 nitrogen and oxygen atoms in total. The van der Waals surface area contributed by atoms with E-state index in [9.17, 15) is 5.11 Å². The van der Waals surface area contributed by atoms with Crippen LogP contribution >= 0.6 is 11.8 Å². The molecular weight excluding hydrogens is 208 g/mol. The van der Waals surface area contributed by atoms with Gasteiger partial charge in [0.05, 0.1) is 18.6 Å². The maximum absolute atomic E-state index is 9.82. The van der Waals surface area contributed by atoms with Gasteiger partial charge in [0.1, 0.15) is 0 Å². The number of thioether (sulfide) groups is 1. The van der Waals surface area contributed by atoms with Gasteiger partial charge in [0.2, 0.25) is 0 Å². The third-order valence-electron chi connectivity index (χ3n) is 2.88. The molecule has 1 aromatic rings. The fourth-order valence-electron chi connectivity index (χ4n) is 2.04. The highest BCUT2D eigenvalue weighted by molar-refractivity contribution is 7.99. The van der Waals surface area contributed by atoms with E-state index in [2.05, 4.69) is 0 Å². The van der Waals surface area contributed by atoms with E-state index in [1.807, 2.05) is 17.8 Å². The lowest BCUT2D eigenvalue weighted by Gasteiger charge is -2.12. The summed E-state index contributed by atoms with van der Waals surface area (Å²) in [6, 6.07) is 1.92. The molecule has 0 saturated heterocycles. The molecule has 0 amide bonds. The van der Waals surface area contributed by atoms with E-state index in [4.69, 9.17) is 4.42 Å². The summed E-state index contributed by atoms with van der Waals surface area (Å²) in [5, 5.41) is 10.6. The smallest absolute Gasteiger partial charge is 0.0935 e. The normalized spacial score (nSPS) is 19.5. The van der Waals surface area contributed by atoms with Gasteiger partial charge in [-0.25, -0.2) is 0 Å². The summed E-state index contributed by atoms with van der Waals surface area (Å²) in [7, 11) is 0. The monoisotopic (exact) mass is 226 g/mol. The Hall–Kier alpha value is -0.410. The van der Waals surface area contributed by atoms with Gasteiger partial charge in [-0.1, -0.05) is 12.8 Å². The minimum absolute atomic E-state index is 0.229. The minimum Gasteiger partial charge on any atom is -0.472 e. The van der Waals surface area contributed by atoms with E-state index in [-0.39, 0.29) is 6.10 Å². The van der Waals surface area contributed by atoms with Crippen LogP contribution in [0.15, 0.2) is 23.0 Å². The molecule has 84 valence electrons. The number of aliphatic hydroxyl groups is 1. The second-order valence-corrected chi connectivity index (χ2v) is 5.56. The molecule has 1 heterocycles. The third kappa shape index (κ3) is 3.58. The third-order valence-corrected chi connectivity index (χ3v) is 4.40. The Balaban J connectivity index is 1.66. The highest BCUT2D eigenvalue weighted by atomic mass is 32.2. The second kappa shape index (κ2) is 5.61. The van der Waals surface area contributed by atoms with Gasteiger partial charge in [0.25, 0.3) is 0 Å². The van der Waals surface area contributed by atoms with Crippen LogP contribution in [0.5, 0.6) is 0 Å². The molecule has 2 rings (SSSR count). The van der Waals surface area contributed by atoms with Crippen molar-refractivity contribution in [2.45, 2.75) is 43.5 Å². The summed E-state index contributed by atoms with van der Waals surface area (Å²) in [5.41, 5.74) is 1.09. The van der Waals surface area contributed by atoms with Gasteiger partial charge in [0.15, 0.2) is 0 Å². The molecule has 1 atom stereocenters. The molecule has 0 radical (unpaired) electrons. The first-order chi connectivity index (χ1) is 7.34. The van der Waals surface area contributed by atoms with E-state index in [0.717, 1.165) is 23.0 Å². The van der Waals surface area contributed by atoms with Crippen LogP contribution in [-0.2, 0) is 6.42 Å². The van der Waals surface area contributed by atoms with E-state index in [1.54, 1.807) is 12.5 Å². The summed E-state index contributed by atoms with van der Waals surface area (Å²) in [5.74, 6) is 0.857. The van der Waals surface area contributed by atoms with Gasteiger partial charge in [-0.15, -0.1) is 0 Å². The van der Waals surface area contributed by atoms with E-state index in [1.165, 1.54) is 25.7 Å². The van der Waals surface area contributed by atoms with Crippen LogP contribution in [-0.4, -0.2) is 22.2 Å². The van der Waals surface area contributed by atoms with Crippen LogP contribution in [0.25, 0.3) is 0 Å². The van der Waals surface area contributed by atoms with Gasteiger partial charge < -0.3 is 9.52 Å². The first kappa shape index (κ1) is 11.1. The van der Waals surface area contributed by atoms with Crippen molar-refractivity contribution in [1.82, 2.24) is 0 Å². The molecule has 0 bridgehead atoms. The highest BCUT2D eigenvalue weighted by Gasteiger charge is 2.17. The van der Waals surface area contributed by atoms with Crippen LogP contribution in [0.3, 0.4) is 0 Å². The van der Waals surface area contributed by atoms with E-state index < -0.39 is 0 Å². The standard InChI is InChI=1S/C12H18O2S/c13-11(7-10-5-6-14-8-10)9-15-12-3-1-2-4-12/h5-6,8,11-13H,1-4,7,9H2. The molecule has 0 spiro atoms. The fraction of sp³-hybridized carbons (Fsp3) is 0.667. The van der Waals surface area contributed by atoms with Crippen molar-refractivity contribution in [1.29, 1.82) is 0 Å². The molecule has 1 fully saturated rings. The number of hydrogen-bond acceptors (Lipinski definition) is 3. The molecule has 1 aliphatic carbocycles. The molecule has 1 aliphatic rings. The first-order valence-corrected chi connectivity index (χ1v) is 6.70. The lowest BCUT2D eigenvalue weighted by atomic mass is 10.2. The Bertz CT molecular complexity index is 265. The van der Waals surface area contributed by atoms with E-state index >= 15 is 0 Å². The van der Waals surface area contributed by atoms with Gasteiger partial charge in [-0.2, -0.15) is 11.8 Å². The number of hydrogen-bond donors (Lipinski definition) is 1. The summed E-state index contributed by atoms with van der Waals surface area (Å²) >= 11 is 1.93. The molecule has 0 aromatic carbocycles. The maximum atomic E-state index is 9.82. The zero-order valence-electron chi connectivity index (χ0n) is 8.89. The van der Waals surface area contributed by atoms with Crippen molar-refractivity contribution < 1.29 is 9.52 Å². The maximum Gasteiger partial charge on any atom is 0.0935 e. The lowest BCUT2D eigenvalue weighted by Crippen LogP contribution is -2.15. The predicted octanol–water partition coefficient (Wildman–Crippen LogP) is 2.86. The average molecular weight is 226 g/mol. The molecule has 1 saturated carbocycles. The summed E-state index contributed by atoms with van der Waals surface area (Å²) < 4.78 is 4.98. The van der Waals surface area contributed by atoms with Crippen LogP contribution in [0.2, 0.25) is 0 Å². The zero-order valence-corrected chi connectivity index (χ0v) is 9.71. The number of rotatable bonds is 5. The summed E-state index contributed by atoms with van der Waals surface area (Å²) in [6.07, 6.45) is 9.27. The largest absolute Gasteiger partial charge is 0.472 e. The molecule has 3 heteroatoms. The number of aliphatic hydroxyl groups excluding tert-OH is 1. The summed E-state index contributed by atoms with van der Waals surface area (Å²) in [4.78, 5) is 0. The topological polar surface area (TPSA) is 33.4 Å². The predicted molar refractivity (Wildman–Crippen MR) is 63.1 cm³/mol. The van der Waals surface area contributed by atoms with Crippen molar-refractivity contribution in [2.75, 3.05) is 5.75 Å². The lowest BCUT2D eigenvalue weighted by molar-refractivity contribution is 0.199. The minimum atomic E-state index is -0.229. The molecule has 1 N–H and O–H groups in total. The quantitative estimate of drug-likeness (QED) is 0.838. The van der Waals surface area contributed by atoms with Gasteiger partial charge in [-0.05, 0) is 24.5 Å². The van der Waals surface area contributed by atoms with Crippen molar-refractivity contribution in [3.8, 4) is 0 Å². The van der Waals surface area contributed by atoms with Crippen molar-refractivity contribution in [2.24, 2.45) is 0 Å². The molecule has 0 aliphatic heterocycles. The van der Waals surface area contributed by atoms with Gasteiger partial charge in [0, 0.05) is 17.4 Å². The van der Waals surface area contributed by atoms with Gasteiger partial charge in [-0.3, -0.25) is 0 Å². The van der Waals surface area contributed by atoms with Gasteiger partial charge >= 0.3 is 0 Å².